The molecule has 4 rings (SSSR count). The third kappa shape index (κ3) is 3.74. The number of nitrogens with zero attached hydrogens (tertiary/aromatic N) is 4. The summed E-state index contributed by atoms with van der Waals surface area (Å²) in [5, 5.41) is 4.45. The molecule has 2 amide bonds. The van der Waals surface area contributed by atoms with Gasteiger partial charge in [-0.3, -0.25) is 14.3 Å². The second-order valence-corrected chi connectivity index (χ2v) is 8.06. The van der Waals surface area contributed by atoms with E-state index in [-0.39, 0.29) is 23.9 Å². The number of anilines is 2. The third-order valence-corrected chi connectivity index (χ3v) is 5.98. The zero-order chi connectivity index (χ0) is 22.1. The first-order valence-electron chi connectivity index (χ1n) is 10.7. The first-order chi connectivity index (χ1) is 14.9. The highest BCUT2D eigenvalue weighted by Gasteiger charge is 2.38. The van der Waals surface area contributed by atoms with Crippen molar-refractivity contribution in [2.75, 3.05) is 9.80 Å². The molecule has 2 heterocycles. The van der Waals surface area contributed by atoms with Gasteiger partial charge in [0.05, 0.1) is 11.7 Å². The summed E-state index contributed by atoms with van der Waals surface area (Å²) in [5.74, 6) is -0.0839. The molecular weight excluding hydrogens is 388 g/mol. The molecule has 0 radical (unpaired) electrons. The van der Waals surface area contributed by atoms with Crippen molar-refractivity contribution in [3.05, 3.63) is 77.6 Å². The monoisotopic (exact) mass is 416 g/mol. The summed E-state index contributed by atoms with van der Waals surface area (Å²) in [6.45, 7) is 5.67. The Morgan fingerprint density at radius 3 is 2.42 bits per heavy atom. The Hall–Kier alpha value is -3.41. The van der Waals surface area contributed by atoms with Gasteiger partial charge in [-0.2, -0.15) is 5.10 Å². The molecule has 0 bridgehead atoms. The highest BCUT2D eigenvalue weighted by Crippen LogP contribution is 2.42. The average Bonchev–Trinajstić information content (AvgIpc) is 3.15. The highest BCUT2D eigenvalue weighted by atomic mass is 16.2. The van der Waals surface area contributed by atoms with Gasteiger partial charge in [0.2, 0.25) is 5.91 Å². The lowest BCUT2D eigenvalue weighted by atomic mass is 9.89. The number of para-hydroxylation sites is 2. The smallest absolute Gasteiger partial charge is 0.276 e. The van der Waals surface area contributed by atoms with Gasteiger partial charge >= 0.3 is 0 Å². The van der Waals surface area contributed by atoms with E-state index in [1.807, 2.05) is 91.4 Å². The van der Waals surface area contributed by atoms with Gasteiger partial charge in [-0.25, -0.2) is 0 Å². The lowest BCUT2D eigenvalue weighted by Gasteiger charge is -2.43. The Kier molecular flexibility index (Phi) is 5.63. The van der Waals surface area contributed by atoms with Gasteiger partial charge in [0.15, 0.2) is 0 Å². The zero-order valence-electron chi connectivity index (χ0n) is 18.4. The molecule has 0 N–H and O–H groups in total. The molecule has 2 aromatic carbocycles. The van der Waals surface area contributed by atoms with E-state index in [4.69, 9.17) is 0 Å². The van der Waals surface area contributed by atoms with Crippen LogP contribution in [0.15, 0.2) is 60.7 Å². The van der Waals surface area contributed by atoms with E-state index in [1.54, 1.807) is 11.6 Å². The number of hydrogen-bond acceptors (Lipinski definition) is 3. The van der Waals surface area contributed by atoms with Crippen LogP contribution in [0.2, 0.25) is 0 Å². The number of benzene rings is 2. The van der Waals surface area contributed by atoms with Crippen molar-refractivity contribution in [1.29, 1.82) is 0 Å². The van der Waals surface area contributed by atoms with Crippen molar-refractivity contribution in [2.24, 2.45) is 7.05 Å². The van der Waals surface area contributed by atoms with Gasteiger partial charge in [0.1, 0.15) is 5.69 Å². The van der Waals surface area contributed by atoms with E-state index in [0.717, 1.165) is 29.1 Å². The zero-order valence-corrected chi connectivity index (χ0v) is 18.4. The summed E-state index contributed by atoms with van der Waals surface area (Å²) < 4.78 is 1.66. The summed E-state index contributed by atoms with van der Waals surface area (Å²) >= 11 is 0. The number of aromatic nitrogens is 2. The Labute approximate surface area is 183 Å². The maximum atomic E-state index is 13.6. The van der Waals surface area contributed by atoms with Gasteiger partial charge in [0.25, 0.3) is 5.91 Å². The maximum absolute atomic E-state index is 13.6. The minimum absolute atomic E-state index is 0.0165. The Bertz CT molecular complexity index is 1110. The van der Waals surface area contributed by atoms with Gasteiger partial charge in [-0.15, -0.1) is 0 Å². The highest BCUT2D eigenvalue weighted by molar-refractivity contribution is 6.06. The molecule has 3 aromatic rings. The summed E-state index contributed by atoms with van der Waals surface area (Å²) in [5.41, 5.74) is 4.15. The van der Waals surface area contributed by atoms with Crippen molar-refractivity contribution in [3.63, 3.8) is 0 Å². The molecule has 0 fully saturated rings. The van der Waals surface area contributed by atoms with Crippen molar-refractivity contribution in [3.8, 4) is 0 Å². The van der Waals surface area contributed by atoms with Crippen LogP contribution in [0, 0.1) is 0 Å². The molecule has 0 saturated heterocycles. The number of rotatable bonds is 4. The Balaban J connectivity index is 1.78. The minimum atomic E-state index is -0.145. The van der Waals surface area contributed by atoms with Crippen LogP contribution in [0.25, 0.3) is 0 Å². The van der Waals surface area contributed by atoms with Gasteiger partial charge in [-0.05, 0) is 49.6 Å². The fourth-order valence-corrected chi connectivity index (χ4v) is 4.53. The van der Waals surface area contributed by atoms with Crippen LogP contribution in [-0.2, 0) is 18.3 Å². The normalized spacial score (nSPS) is 17.9. The van der Waals surface area contributed by atoms with E-state index >= 15 is 0 Å². The first kappa shape index (κ1) is 20.8. The molecular formula is C25H28N4O2. The van der Waals surface area contributed by atoms with E-state index < -0.39 is 0 Å². The summed E-state index contributed by atoms with van der Waals surface area (Å²) in [4.78, 5) is 30.0. The topological polar surface area (TPSA) is 58.4 Å². The molecule has 1 aliphatic rings. The fourth-order valence-electron chi connectivity index (χ4n) is 4.53. The molecule has 1 aromatic heterocycles. The molecule has 0 spiro atoms. The molecule has 0 saturated carbocycles. The number of carbonyl (C=O) groups excluding carboxylic acids is 2. The van der Waals surface area contributed by atoms with Crippen LogP contribution in [0.5, 0.6) is 0 Å². The number of fused-ring (bicyclic) bond motifs is 1. The van der Waals surface area contributed by atoms with Crippen molar-refractivity contribution < 1.29 is 9.59 Å². The lowest BCUT2D eigenvalue weighted by molar-refractivity contribution is -0.117. The summed E-state index contributed by atoms with van der Waals surface area (Å²) in [7, 11) is 1.81. The molecule has 1 aliphatic heterocycles. The largest absolute Gasteiger partial charge is 0.305 e. The number of carbonyl (C=O) groups is 2. The first-order valence-corrected chi connectivity index (χ1v) is 10.7. The maximum Gasteiger partial charge on any atom is 0.276 e. The quantitative estimate of drug-likeness (QED) is 0.628. The molecule has 0 aliphatic carbocycles. The van der Waals surface area contributed by atoms with Crippen LogP contribution in [-0.4, -0.2) is 27.6 Å². The number of hydrogen-bond donors (Lipinski definition) is 0. The van der Waals surface area contributed by atoms with Crippen LogP contribution in [0.1, 0.15) is 55.0 Å². The van der Waals surface area contributed by atoms with E-state index in [9.17, 15) is 9.59 Å². The second kappa shape index (κ2) is 8.38. The van der Waals surface area contributed by atoms with Gasteiger partial charge < -0.3 is 9.80 Å². The third-order valence-electron chi connectivity index (χ3n) is 5.98. The number of amides is 2. The molecule has 160 valence electrons. The van der Waals surface area contributed by atoms with Crippen LogP contribution < -0.4 is 9.80 Å². The van der Waals surface area contributed by atoms with Crippen molar-refractivity contribution >= 4 is 23.2 Å². The van der Waals surface area contributed by atoms with Crippen molar-refractivity contribution in [1.82, 2.24) is 9.78 Å². The Morgan fingerprint density at radius 2 is 1.77 bits per heavy atom. The van der Waals surface area contributed by atoms with E-state index in [2.05, 4.69) is 5.10 Å². The standard InChI is InChI=1S/C25H28N4O2/c1-5-19-16-24(27(4)26-19)25(31)28-17(2)15-23(21-13-9-10-14-22(21)28)29(18(3)30)20-11-7-6-8-12-20/h6-14,16-17,23H,5,15H2,1-4H3. The molecule has 31 heavy (non-hydrogen) atoms. The van der Waals surface area contributed by atoms with Crippen molar-refractivity contribution in [2.45, 2.75) is 45.7 Å². The van der Waals surface area contributed by atoms with Crippen LogP contribution in [0.4, 0.5) is 11.4 Å². The molecule has 2 unspecified atom stereocenters. The van der Waals surface area contributed by atoms with Crippen LogP contribution in [0.3, 0.4) is 0 Å². The van der Waals surface area contributed by atoms with E-state index in [1.165, 1.54) is 0 Å². The van der Waals surface area contributed by atoms with Gasteiger partial charge in [-0.1, -0.05) is 43.3 Å². The van der Waals surface area contributed by atoms with Gasteiger partial charge in [0, 0.05) is 31.4 Å². The predicted molar refractivity (Wildman–Crippen MR) is 122 cm³/mol. The molecule has 6 nitrogen and oxygen atoms in total. The number of aryl methyl sites for hydroxylation is 2. The summed E-state index contributed by atoms with van der Waals surface area (Å²) in [6.07, 6.45) is 1.43. The second-order valence-electron chi connectivity index (χ2n) is 8.06. The fraction of sp³-hybridized carbons (Fsp3) is 0.320. The summed E-state index contributed by atoms with van der Waals surface area (Å²) in [6, 6.07) is 19.3. The van der Waals surface area contributed by atoms with Crippen LogP contribution >= 0.6 is 0 Å². The average molecular weight is 417 g/mol. The Morgan fingerprint density at radius 1 is 1.10 bits per heavy atom. The SMILES string of the molecule is CCc1cc(C(=O)N2c3ccccc3C(N(C(C)=O)c3ccccc3)CC2C)n(C)n1. The molecule has 6 heteroatoms. The molecule has 2 atom stereocenters. The minimum Gasteiger partial charge on any atom is -0.305 e. The van der Waals surface area contributed by atoms with E-state index in [0.29, 0.717) is 12.1 Å². The predicted octanol–water partition coefficient (Wildman–Crippen LogP) is 4.52. The lowest BCUT2D eigenvalue weighted by Crippen LogP contribution is -2.47.